The summed E-state index contributed by atoms with van der Waals surface area (Å²) in [5.74, 6) is 2.21. The quantitative estimate of drug-likeness (QED) is 0.770. The van der Waals surface area contributed by atoms with E-state index in [1.54, 1.807) is 0 Å². The predicted molar refractivity (Wildman–Crippen MR) is 67.9 cm³/mol. The van der Waals surface area contributed by atoms with E-state index in [9.17, 15) is 0 Å². The van der Waals surface area contributed by atoms with E-state index < -0.39 is 0 Å². The molecule has 2 nitrogen and oxygen atoms in total. The highest BCUT2D eigenvalue weighted by molar-refractivity contribution is 6.18. The third kappa shape index (κ3) is 2.04. The van der Waals surface area contributed by atoms with Crippen molar-refractivity contribution in [3.8, 4) is 5.75 Å². The first kappa shape index (κ1) is 11.4. The zero-order valence-electron chi connectivity index (χ0n) is 9.82. The second-order valence-electron chi connectivity index (χ2n) is 5.19. The van der Waals surface area contributed by atoms with Crippen LogP contribution in [0.3, 0.4) is 0 Å². The molecule has 2 aliphatic heterocycles. The van der Waals surface area contributed by atoms with Crippen molar-refractivity contribution in [1.29, 1.82) is 0 Å². The third-order valence-corrected chi connectivity index (χ3v) is 4.51. The Bertz CT molecular complexity index is 399. The Balaban J connectivity index is 1.79. The lowest BCUT2D eigenvalue weighted by molar-refractivity contribution is 0.149. The largest absolute Gasteiger partial charge is 0.493 e. The van der Waals surface area contributed by atoms with Gasteiger partial charge in [0.25, 0.3) is 0 Å². The molecule has 1 aromatic carbocycles. The number of ether oxygens (including phenoxy) is 2. The second kappa shape index (κ2) is 4.51. The molecule has 3 rings (SSSR count). The Morgan fingerprint density at radius 3 is 3.00 bits per heavy atom. The van der Waals surface area contributed by atoms with E-state index in [4.69, 9.17) is 21.1 Å². The fourth-order valence-electron chi connectivity index (χ4n) is 2.89. The number of hydrogen-bond acceptors (Lipinski definition) is 2. The van der Waals surface area contributed by atoms with Crippen molar-refractivity contribution in [1.82, 2.24) is 0 Å². The van der Waals surface area contributed by atoms with Gasteiger partial charge in [-0.2, -0.15) is 0 Å². The molecule has 0 N–H and O–H groups in total. The number of fused-ring (bicyclic) bond motifs is 1. The van der Waals surface area contributed by atoms with E-state index in [0.29, 0.717) is 11.8 Å². The smallest absolute Gasteiger partial charge is 0.122 e. The van der Waals surface area contributed by atoms with Crippen molar-refractivity contribution in [3.63, 3.8) is 0 Å². The van der Waals surface area contributed by atoms with Gasteiger partial charge in [0.1, 0.15) is 5.75 Å². The summed E-state index contributed by atoms with van der Waals surface area (Å²) in [6, 6.07) is 8.33. The lowest BCUT2D eigenvalue weighted by atomic mass is 9.78. The monoisotopic (exact) mass is 252 g/mol. The SMILES string of the molecule is ClCC1(CC2COc3ccccc32)CCOC1. The maximum atomic E-state index is 6.15. The Morgan fingerprint density at radius 1 is 1.35 bits per heavy atom. The molecule has 3 heteroatoms. The van der Waals surface area contributed by atoms with Gasteiger partial charge in [-0.1, -0.05) is 18.2 Å². The minimum atomic E-state index is 0.160. The van der Waals surface area contributed by atoms with Gasteiger partial charge < -0.3 is 9.47 Å². The average Bonchev–Trinajstić information content (AvgIpc) is 2.99. The van der Waals surface area contributed by atoms with Gasteiger partial charge in [0.15, 0.2) is 0 Å². The molecule has 0 saturated carbocycles. The molecule has 0 aliphatic carbocycles. The summed E-state index contributed by atoms with van der Waals surface area (Å²) in [7, 11) is 0. The van der Waals surface area contributed by atoms with Crippen molar-refractivity contribution in [2.24, 2.45) is 5.41 Å². The lowest BCUT2D eigenvalue weighted by Gasteiger charge is -2.27. The van der Waals surface area contributed by atoms with E-state index in [-0.39, 0.29) is 5.41 Å². The maximum Gasteiger partial charge on any atom is 0.122 e. The van der Waals surface area contributed by atoms with E-state index in [1.807, 2.05) is 12.1 Å². The molecule has 0 amide bonds. The van der Waals surface area contributed by atoms with Crippen molar-refractivity contribution in [3.05, 3.63) is 29.8 Å². The Labute approximate surface area is 107 Å². The zero-order valence-corrected chi connectivity index (χ0v) is 10.6. The number of hydrogen-bond donors (Lipinski definition) is 0. The van der Waals surface area contributed by atoms with Gasteiger partial charge in [-0.25, -0.2) is 0 Å². The molecule has 1 aromatic rings. The van der Waals surface area contributed by atoms with Gasteiger partial charge >= 0.3 is 0 Å². The maximum absolute atomic E-state index is 6.15. The fraction of sp³-hybridized carbons (Fsp3) is 0.571. The van der Waals surface area contributed by atoms with Gasteiger partial charge in [-0.05, 0) is 18.9 Å². The van der Waals surface area contributed by atoms with E-state index in [2.05, 4.69) is 12.1 Å². The van der Waals surface area contributed by atoms with Crippen molar-refractivity contribution in [2.45, 2.75) is 18.8 Å². The van der Waals surface area contributed by atoms with Crippen LogP contribution in [0.25, 0.3) is 0 Å². The first-order valence-electron chi connectivity index (χ1n) is 6.18. The molecule has 0 radical (unpaired) electrons. The molecule has 0 bridgehead atoms. The molecule has 2 unspecified atom stereocenters. The van der Waals surface area contributed by atoms with Crippen LogP contribution in [0.2, 0.25) is 0 Å². The molecule has 17 heavy (non-hydrogen) atoms. The summed E-state index contributed by atoms with van der Waals surface area (Å²) < 4.78 is 11.3. The molecule has 2 atom stereocenters. The molecule has 0 aromatic heterocycles. The highest BCUT2D eigenvalue weighted by Gasteiger charge is 2.39. The summed E-state index contributed by atoms with van der Waals surface area (Å²) >= 11 is 6.15. The Hall–Kier alpha value is -0.730. The van der Waals surface area contributed by atoms with Crippen molar-refractivity contribution in [2.75, 3.05) is 25.7 Å². The molecule has 1 fully saturated rings. The highest BCUT2D eigenvalue weighted by Crippen LogP contribution is 2.44. The van der Waals surface area contributed by atoms with Crippen LogP contribution < -0.4 is 4.74 Å². The van der Waals surface area contributed by atoms with E-state index in [1.165, 1.54) is 5.56 Å². The predicted octanol–water partition coefficient (Wildman–Crippen LogP) is 3.20. The van der Waals surface area contributed by atoms with Gasteiger partial charge in [-0.3, -0.25) is 0 Å². The standard InChI is InChI=1S/C14H17ClO2/c15-9-14(5-6-16-10-14)7-11-8-17-13-4-2-1-3-12(11)13/h1-4,11H,5-10H2. The van der Waals surface area contributed by atoms with Gasteiger partial charge in [0.05, 0.1) is 13.2 Å². The highest BCUT2D eigenvalue weighted by atomic mass is 35.5. The molecule has 92 valence electrons. The molecular formula is C14H17ClO2. The van der Waals surface area contributed by atoms with Crippen LogP contribution in [0.4, 0.5) is 0 Å². The normalized spacial score (nSPS) is 31.2. The van der Waals surface area contributed by atoms with Crippen LogP contribution in [-0.4, -0.2) is 25.7 Å². The van der Waals surface area contributed by atoms with Crippen LogP contribution in [0.15, 0.2) is 24.3 Å². The Morgan fingerprint density at radius 2 is 2.24 bits per heavy atom. The van der Waals surface area contributed by atoms with Crippen LogP contribution >= 0.6 is 11.6 Å². The second-order valence-corrected chi connectivity index (χ2v) is 5.45. The van der Waals surface area contributed by atoms with E-state index in [0.717, 1.165) is 38.4 Å². The number of alkyl halides is 1. The lowest BCUT2D eigenvalue weighted by Crippen LogP contribution is -2.26. The summed E-state index contributed by atoms with van der Waals surface area (Å²) in [5.41, 5.74) is 1.50. The summed E-state index contributed by atoms with van der Waals surface area (Å²) in [6.45, 7) is 2.44. The summed E-state index contributed by atoms with van der Waals surface area (Å²) in [5, 5.41) is 0. The van der Waals surface area contributed by atoms with E-state index >= 15 is 0 Å². The number of para-hydroxylation sites is 1. The van der Waals surface area contributed by atoms with Gasteiger partial charge in [0, 0.05) is 29.4 Å². The first-order valence-corrected chi connectivity index (χ1v) is 6.72. The molecule has 2 aliphatic rings. The van der Waals surface area contributed by atoms with Gasteiger partial charge in [-0.15, -0.1) is 11.6 Å². The summed E-state index contributed by atoms with van der Waals surface area (Å²) in [6.07, 6.45) is 2.16. The van der Waals surface area contributed by atoms with Crippen molar-refractivity contribution >= 4 is 11.6 Å². The number of halogens is 1. The zero-order chi connectivity index (χ0) is 11.7. The summed E-state index contributed by atoms with van der Waals surface area (Å²) in [4.78, 5) is 0. The van der Waals surface area contributed by atoms with Crippen LogP contribution in [-0.2, 0) is 4.74 Å². The molecule has 1 saturated heterocycles. The molecule has 0 spiro atoms. The fourth-order valence-corrected chi connectivity index (χ4v) is 3.21. The van der Waals surface area contributed by atoms with Crippen LogP contribution in [0.5, 0.6) is 5.75 Å². The molecular weight excluding hydrogens is 236 g/mol. The third-order valence-electron chi connectivity index (χ3n) is 3.95. The molecule has 2 heterocycles. The average molecular weight is 253 g/mol. The first-order chi connectivity index (χ1) is 8.33. The Kier molecular flexibility index (Phi) is 3.01. The number of benzene rings is 1. The number of rotatable bonds is 3. The van der Waals surface area contributed by atoms with Crippen LogP contribution in [0, 0.1) is 5.41 Å². The van der Waals surface area contributed by atoms with Crippen LogP contribution in [0.1, 0.15) is 24.3 Å². The topological polar surface area (TPSA) is 18.5 Å². The van der Waals surface area contributed by atoms with Crippen molar-refractivity contribution < 1.29 is 9.47 Å². The van der Waals surface area contributed by atoms with Gasteiger partial charge in [0.2, 0.25) is 0 Å². The minimum Gasteiger partial charge on any atom is -0.493 e. The minimum absolute atomic E-state index is 0.160.